The Balaban J connectivity index is 0.00000385. The molecule has 0 aliphatic carbocycles. The van der Waals surface area contributed by atoms with E-state index in [1.807, 2.05) is 6.07 Å². The third kappa shape index (κ3) is 9.27. The molecule has 2 N–H and O–H groups in total. The maximum absolute atomic E-state index is 13.9. The molecule has 1 aliphatic rings. The molecule has 1 heterocycles. The molecule has 3 rings (SSSR count). The summed E-state index contributed by atoms with van der Waals surface area (Å²) >= 11 is 0. The summed E-state index contributed by atoms with van der Waals surface area (Å²) in [6.07, 6.45) is 3.33. The maximum atomic E-state index is 13.9. The van der Waals surface area contributed by atoms with E-state index in [0.717, 1.165) is 38.9 Å². The lowest BCUT2D eigenvalue weighted by Gasteiger charge is -2.32. The number of hydrogen-bond acceptors (Lipinski definition) is 4. The summed E-state index contributed by atoms with van der Waals surface area (Å²) in [4.78, 5) is 6.65. The van der Waals surface area contributed by atoms with Crippen LogP contribution in [0, 0.1) is 17.1 Å². The predicted molar refractivity (Wildman–Crippen MR) is 140 cm³/mol. The molecule has 0 bridgehead atoms. The minimum Gasteiger partial charge on any atom is -0.378 e. The Bertz CT molecular complexity index is 911. The summed E-state index contributed by atoms with van der Waals surface area (Å²) in [5.74, 6) is 0.260. The molecule has 2 aromatic rings. The second-order valence-corrected chi connectivity index (χ2v) is 7.96. The summed E-state index contributed by atoms with van der Waals surface area (Å²) in [6.45, 7) is 4.82. The van der Waals surface area contributed by atoms with Crippen LogP contribution in [0.2, 0.25) is 0 Å². The number of nitrogens with zero attached hydrogens (tertiary/aromatic N) is 3. The fraction of sp³-hybridized carbons (Fsp3) is 0.440. The number of aliphatic imine (C=N–C) groups is 1. The van der Waals surface area contributed by atoms with E-state index >= 15 is 0 Å². The lowest BCUT2D eigenvalue weighted by atomic mass is 10.1. The summed E-state index contributed by atoms with van der Waals surface area (Å²) in [5, 5.41) is 15.3. The van der Waals surface area contributed by atoms with E-state index in [-0.39, 0.29) is 36.3 Å². The minimum absolute atomic E-state index is 0. The van der Waals surface area contributed by atoms with Crippen LogP contribution in [0.5, 0.6) is 0 Å². The highest BCUT2D eigenvalue weighted by Gasteiger charge is 2.19. The van der Waals surface area contributed by atoms with Crippen LogP contribution in [-0.4, -0.2) is 50.3 Å². The number of guanidine groups is 1. The fourth-order valence-electron chi connectivity index (χ4n) is 3.78. The first-order valence-electron chi connectivity index (χ1n) is 11.2. The molecular formula is C25H33FIN5O. The van der Waals surface area contributed by atoms with Crippen molar-refractivity contribution >= 4 is 29.9 Å². The van der Waals surface area contributed by atoms with Crippen LogP contribution in [-0.2, 0) is 17.8 Å². The van der Waals surface area contributed by atoms with E-state index in [1.54, 1.807) is 13.1 Å². The van der Waals surface area contributed by atoms with Crippen molar-refractivity contribution < 1.29 is 9.13 Å². The Morgan fingerprint density at radius 2 is 1.94 bits per heavy atom. The topological polar surface area (TPSA) is 72.7 Å². The third-order valence-electron chi connectivity index (χ3n) is 5.60. The molecule has 6 nitrogen and oxygen atoms in total. The Kier molecular flexibility index (Phi) is 12.1. The number of nitriles is 1. The molecule has 0 amide bonds. The van der Waals surface area contributed by atoms with Crippen LogP contribution in [0.25, 0.3) is 0 Å². The van der Waals surface area contributed by atoms with Gasteiger partial charge in [0.25, 0.3) is 0 Å². The molecular weight excluding hydrogens is 532 g/mol. The molecule has 0 saturated carbocycles. The molecule has 1 aliphatic heterocycles. The number of likely N-dealkylation sites (tertiary alicyclic amines) is 1. The van der Waals surface area contributed by atoms with Gasteiger partial charge in [-0.3, -0.25) is 9.89 Å². The van der Waals surface area contributed by atoms with Gasteiger partial charge in [-0.25, -0.2) is 4.39 Å². The second-order valence-electron chi connectivity index (χ2n) is 7.96. The van der Waals surface area contributed by atoms with Gasteiger partial charge < -0.3 is 15.4 Å². The van der Waals surface area contributed by atoms with Gasteiger partial charge in [-0.05, 0) is 43.0 Å². The van der Waals surface area contributed by atoms with Crippen molar-refractivity contribution in [2.75, 3.05) is 33.3 Å². The summed E-state index contributed by atoms with van der Waals surface area (Å²) in [7, 11) is 1.68. The highest BCUT2D eigenvalue weighted by atomic mass is 127. The summed E-state index contributed by atoms with van der Waals surface area (Å²) in [5.41, 5.74) is 2.24. The molecule has 0 spiro atoms. The number of nitrogens with one attached hydrogen (secondary N) is 2. The van der Waals surface area contributed by atoms with Gasteiger partial charge in [-0.1, -0.05) is 30.3 Å². The molecule has 1 fully saturated rings. The van der Waals surface area contributed by atoms with Crippen molar-refractivity contribution in [3.63, 3.8) is 0 Å². The lowest BCUT2D eigenvalue weighted by molar-refractivity contribution is 0.00534. The second kappa shape index (κ2) is 14.8. The van der Waals surface area contributed by atoms with E-state index in [4.69, 9.17) is 10.00 Å². The number of halogens is 2. The minimum atomic E-state index is -0.338. The summed E-state index contributed by atoms with van der Waals surface area (Å²) in [6, 6.07) is 17.0. The smallest absolute Gasteiger partial charge is 0.191 e. The number of piperidine rings is 1. The Hall–Kier alpha value is -2.22. The van der Waals surface area contributed by atoms with Crippen LogP contribution < -0.4 is 10.6 Å². The Labute approximate surface area is 213 Å². The standard InChI is InChI=1S/C25H32FN5O.HI/c1-28-25(30-18-22-16-21(17-27)8-9-24(22)26)29-12-5-15-32-23-10-13-31(14-11-23)19-20-6-3-2-4-7-20;/h2-4,6-9,16,23H,5,10-15,18-19H2,1H3,(H2,28,29,30);1H. The lowest BCUT2D eigenvalue weighted by Crippen LogP contribution is -2.38. The van der Waals surface area contributed by atoms with E-state index < -0.39 is 0 Å². The van der Waals surface area contributed by atoms with Gasteiger partial charge in [0.15, 0.2) is 5.96 Å². The quantitative estimate of drug-likeness (QED) is 0.208. The SMILES string of the molecule is CN=C(NCCCOC1CCN(Cc2ccccc2)CC1)NCc1cc(C#N)ccc1F.I. The molecule has 0 atom stereocenters. The number of ether oxygens (including phenoxy) is 1. The number of benzene rings is 2. The van der Waals surface area contributed by atoms with Gasteiger partial charge in [-0.15, -0.1) is 24.0 Å². The molecule has 33 heavy (non-hydrogen) atoms. The molecule has 178 valence electrons. The average molecular weight is 565 g/mol. The fourth-order valence-corrected chi connectivity index (χ4v) is 3.78. The Morgan fingerprint density at radius 1 is 1.18 bits per heavy atom. The first-order valence-corrected chi connectivity index (χ1v) is 11.2. The van der Waals surface area contributed by atoms with E-state index in [2.05, 4.69) is 50.9 Å². The van der Waals surface area contributed by atoms with Crippen molar-refractivity contribution in [2.24, 2.45) is 4.99 Å². The van der Waals surface area contributed by atoms with Crippen molar-refractivity contribution in [2.45, 2.75) is 38.5 Å². The molecule has 1 saturated heterocycles. The normalized spacial score (nSPS) is 14.9. The van der Waals surface area contributed by atoms with Crippen molar-refractivity contribution in [3.05, 3.63) is 71.0 Å². The van der Waals surface area contributed by atoms with Crippen LogP contribution in [0.4, 0.5) is 4.39 Å². The van der Waals surface area contributed by atoms with Gasteiger partial charge in [0, 0.05) is 51.9 Å². The Morgan fingerprint density at radius 3 is 2.64 bits per heavy atom. The molecule has 0 aromatic heterocycles. The van der Waals surface area contributed by atoms with Crippen molar-refractivity contribution in [3.8, 4) is 6.07 Å². The van der Waals surface area contributed by atoms with Crippen molar-refractivity contribution in [1.82, 2.24) is 15.5 Å². The predicted octanol–water partition coefficient (Wildman–Crippen LogP) is 4.05. The molecule has 0 unspecified atom stereocenters. The van der Waals surface area contributed by atoms with Crippen LogP contribution >= 0.6 is 24.0 Å². The largest absolute Gasteiger partial charge is 0.378 e. The maximum Gasteiger partial charge on any atom is 0.191 e. The highest BCUT2D eigenvalue weighted by molar-refractivity contribution is 14.0. The van der Waals surface area contributed by atoms with Crippen LogP contribution in [0.3, 0.4) is 0 Å². The van der Waals surface area contributed by atoms with Crippen LogP contribution in [0.15, 0.2) is 53.5 Å². The van der Waals surface area contributed by atoms with Crippen LogP contribution in [0.1, 0.15) is 36.0 Å². The van der Waals surface area contributed by atoms with E-state index in [0.29, 0.717) is 36.3 Å². The van der Waals surface area contributed by atoms with Gasteiger partial charge in [0.05, 0.1) is 17.7 Å². The zero-order valence-corrected chi connectivity index (χ0v) is 21.4. The zero-order chi connectivity index (χ0) is 22.6. The molecule has 8 heteroatoms. The van der Waals surface area contributed by atoms with Gasteiger partial charge >= 0.3 is 0 Å². The summed E-state index contributed by atoms with van der Waals surface area (Å²) < 4.78 is 20.0. The monoisotopic (exact) mass is 565 g/mol. The molecule has 2 aromatic carbocycles. The van der Waals surface area contributed by atoms with E-state index in [1.165, 1.54) is 17.7 Å². The van der Waals surface area contributed by atoms with Crippen molar-refractivity contribution in [1.29, 1.82) is 5.26 Å². The highest BCUT2D eigenvalue weighted by Crippen LogP contribution is 2.16. The van der Waals surface area contributed by atoms with Gasteiger partial charge in [0.1, 0.15) is 5.82 Å². The first kappa shape index (κ1) is 27.0. The number of rotatable bonds is 9. The average Bonchev–Trinajstić information content (AvgIpc) is 2.83. The number of hydrogen-bond donors (Lipinski definition) is 2. The third-order valence-corrected chi connectivity index (χ3v) is 5.60. The van der Waals surface area contributed by atoms with Gasteiger partial charge in [0.2, 0.25) is 0 Å². The molecule has 0 radical (unpaired) electrons. The van der Waals surface area contributed by atoms with E-state index in [9.17, 15) is 4.39 Å². The van der Waals surface area contributed by atoms with Gasteiger partial charge in [-0.2, -0.15) is 5.26 Å². The zero-order valence-electron chi connectivity index (χ0n) is 19.1. The first-order chi connectivity index (χ1) is 15.7.